The molecule has 0 spiro atoms. The maximum absolute atomic E-state index is 12.4. The zero-order valence-corrected chi connectivity index (χ0v) is 26.0. The molecule has 0 aromatic heterocycles. The van der Waals surface area contributed by atoms with E-state index >= 15 is 0 Å². The van der Waals surface area contributed by atoms with Crippen LogP contribution in [-0.4, -0.2) is 61.3 Å². The van der Waals surface area contributed by atoms with Gasteiger partial charge >= 0.3 is 24.2 Å². The molecule has 0 radical (unpaired) electrons. The number of aliphatic carboxylic acids is 1. The van der Waals surface area contributed by atoms with E-state index in [-0.39, 0.29) is 66.3 Å². The van der Waals surface area contributed by atoms with Gasteiger partial charge in [0.15, 0.2) is 11.5 Å². The summed E-state index contributed by atoms with van der Waals surface area (Å²) in [6.45, 7) is 18.9. The number of esters is 1. The Bertz CT molecular complexity index is 1040. The third-order valence-corrected chi connectivity index (χ3v) is 5.72. The summed E-state index contributed by atoms with van der Waals surface area (Å²) >= 11 is 0. The lowest BCUT2D eigenvalue weighted by molar-refractivity contribution is -0.154. The molecule has 1 rings (SSSR count). The highest BCUT2D eigenvalue weighted by molar-refractivity contribution is 5.74. The molecular weight excluding hydrogens is 534 g/mol. The minimum Gasteiger partial charge on any atom is -0.480 e. The summed E-state index contributed by atoms with van der Waals surface area (Å²) in [5, 5.41) is 12.7. The lowest BCUT2D eigenvalue weighted by Gasteiger charge is -2.21. The molecule has 1 aromatic rings. The highest BCUT2D eigenvalue weighted by Gasteiger charge is 2.25. The summed E-state index contributed by atoms with van der Waals surface area (Å²) in [5.41, 5.74) is -0.132. The summed E-state index contributed by atoms with van der Waals surface area (Å²) in [5.74, 6) is -1.88. The summed E-state index contributed by atoms with van der Waals surface area (Å²) in [7, 11) is 0. The van der Waals surface area contributed by atoms with Gasteiger partial charge in [-0.3, -0.25) is 9.59 Å². The molecule has 1 aromatic carbocycles. The van der Waals surface area contributed by atoms with Crippen LogP contribution < -0.4 is 14.8 Å². The fourth-order valence-corrected chi connectivity index (χ4v) is 3.04. The van der Waals surface area contributed by atoms with Crippen molar-refractivity contribution in [1.29, 1.82) is 0 Å². The monoisotopic (exact) mass is 581 g/mol. The molecular formula is C30H47NO10. The highest BCUT2D eigenvalue weighted by atomic mass is 16.7. The van der Waals surface area contributed by atoms with Crippen LogP contribution in [0.5, 0.6) is 11.5 Å². The van der Waals surface area contributed by atoms with Crippen molar-refractivity contribution in [3.05, 3.63) is 23.8 Å². The van der Waals surface area contributed by atoms with Crippen molar-refractivity contribution < 1.29 is 48.0 Å². The van der Waals surface area contributed by atoms with Crippen LogP contribution in [0.15, 0.2) is 18.2 Å². The number of carbonyl (C=O) groups excluding carboxylic acids is 3. The Hall–Kier alpha value is -3.34. The number of ether oxygens (including phenoxy) is 5. The summed E-state index contributed by atoms with van der Waals surface area (Å²) in [6.07, 6.45) is -2.57. The Morgan fingerprint density at radius 1 is 0.829 bits per heavy atom. The molecule has 11 heteroatoms. The van der Waals surface area contributed by atoms with Gasteiger partial charge in [0.2, 0.25) is 0 Å². The third kappa shape index (κ3) is 14.7. The molecule has 41 heavy (non-hydrogen) atoms. The molecule has 0 amide bonds. The van der Waals surface area contributed by atoms with Crippen LogP contribution in [0.1, 0.15) is 74.8 Å². The average molecular weight is 582 g/mol. The Morgan fingerprint density at radius 2 is 1.34 bits per heavy atom. The van der Waals surface area contributed by atoms with Crippen LogP contribution in [0.2, 0.25) is 0 Å². The molecule has 3 atom stereocenters. The standard InChI is InChI=1S/C30H47NO10/c1-18(2)20(4)26(34)39-19(3)15-31-22(25(32)33)13-21-11-12-23(40-27(35)37-16-29(5,6)7)24(14-21)41-28(36)38-17-30(8,9)10/h11-12,14,18-20,22,31H,13,15-17H2,1-10H3,(H,32,33)/t19?,20?,22-/m0/s1. The summed E-state index contributed by atoms with van der Waals surface area (Å²) in [6, 6.07) is 3.28. The number of hydrogen-bond acceptors (Lipinski definition) is 10. The van der Waals surface area contributed by atoms with Crippen molar-refractivity contribution >= 4 is 24.2 Å². The van der Waals surface area contributed by atoms with Gasteiger partial charge in [0.25, 0.3) is 0 Å². The second-order valence-corrected chi connectivity index (χ2v) is 13.0. The third-order valence-electron chi connectivity index (χ3n) is 5.72. The zero-order valence-electron chi connectivity index (χ0n) is 26.0. The first-order valence-corrected chi connectivity index (χ1v) is 13.8. The second kappa shape index (κ2) is 15.6. The Balaban J connectivity index is 3.05. The molecule has 0 aliphatic heterocycles. The second-order valence-electron chi connectivity index (χ2n) is 13.0. The highest BCUT2D eigenvalue weighted by Crippen LogP contribution is 2.30. The average Bonchev–Trinajstić information content (AvgIpc) is 2.83. The largest absolute Gasteiger partial charge is 0.513 e. The summed E-state index contributed by atoms with van der Waals surface area (Å²) in [4.78, 5) is 48.9. The molecule has 0 aliphatic carbocycles. The minimum atomic E-state index is -1.13. The van der Waals surface area contributed by atoms with E-state index in [0.29, 0.717) is 5.56 Å². The van der Waals surface area contributed by atoms with Gasteiger partial charge in [0.05, 0.1) is 19.1 Å². The Labute approximate surface area is 243 Å². The topological polar surface area (TPSA) is 147 Å². The smallest absolute Gasteiger partial charge is 0.480 e. The minimum absolute atomic E-state index is 0.0133. The number of benzene rings is 1. The van der Waals surface area contributed by atoms with Gasteiger partial charge in [-0.05, 0) is 47.8 Å². The van der Waals surface area contributed by atoms with E-state index in [9.17, 15) is 24.3 Å². The number of carboxylic acids is 1. The molecule has 0 bridgehead atoms. The van der Waals surface area contributed by atoms with E-state index in [4.69, 9.17) is 23.7 Å². The predicted molar refractivity (Wildman–Crippen MR) is 152 cm³/mol. The fraction of sp³-hybridized carbons (Fsp3) is 0.667. The Morgan fingerprint density at radius 3 is 1.80 bits per heavy atom. The van der Waals surface area contributed by atoms with E-state index in [2.05, 4.69) is 5.32 Å². The zero-order chi connectivity index (χ0) is 31.5. The molecule has 0 saturated heterocycles. The van der Waals surface area contributed by atoms with Gasteiger partial charge in [0, 0.05) is 6.54 Å². The predicted octanol–water partition coefficient (Wildman–Crippen LogP) is 5.62. The van der Waals surface area contributed by atoms with Crippen LogP contribution in [0.3, 0.4) is 0 Å². The quantitative estimate of drug-likeness (QED) is 0.170. The van der Waals surface area contributed by atoms with Crippen LogP contribution in [0, 0.1) is 22.7 Å². The van der Waals surface area contributed by atoms with Gasteiger partial charge < -0.3 is 34.1 Å². The van der Waals surface area contributed by atoms with Crippen LogP contribution in [-0.2, 0) is 30.2 Å². The van der Waals surface area contributed by atoms with E-state index in [1.165, 1.54) is 12.1 Å². The van der Waals surface area contributed by atoms with E-state index in [1.54, 1.807) is 19.9 Å². The van der Waals surface area contributed by atoms with Crippen molar-refractivity contribution in [3.8, 4) is 11.5 Å². The molecule has 0 saturated carbocycles. The fourth-order valence-electron chi connectivity index (χ4n) is 3.04. The van der Waals surface area contributed by atoms with Gasteiger partial charge in [-0.25, -0.2) is 9.59 Å². The van der Waals surface area contributed by atoms with Gasteiger partial charge in [-0.2, -0.15) is 0 Å². The SMILES string of the molecule is CC(CN[C@@H](Cc1ccc(OC(=O)OCC(C)(C)C)c(OC(=O)OCC(C)(C)C)c1)C(=O)O)OC(=O)C(C)C(C)C. The van der Waals surface area contributed by atoms with Crippen molar-refractivity contribution in [3.63, 3.8) is 0 Å². The van der Waals surface area contributed by atoms with Crippen LogP contribution in [0.4, 0.5) is 9.59 Å². The van der Waals surface area contributed by atoms with Crippen molar-refractivity contribution in [2.75, 3.05) is 19.8 Å². The van der Waals surface area contributed by atoms with Crippen molar-refractivity contribution in [1.82, 2.24) is 5.32 Å². The molecule has 0 heterocycles. The van der Waals surface area contributed by atoms with Crippen LogP contribution >= 0.6 is 0 Å². The van der Waals surface area contributed by atoms with E-state index in [0.717, 1.165) is 0 Å². The van der Waals surface area contributed by atoms with Crippen molar-refractivity contribution in [2.45, 2.75) is 87.8 Å². The maximum atomic E-state index is 12.4. The number of carboxylic acid groups (broad SMARTS) is 1. The number of hydrogen-bond donors (Lipinski definition) is 2. The first kappa shape index (κ1) is 35.7. The molecule has 11 nitrogen and oxygen atoms in total. The first-order chi connectivity index (χ1) is 18.8. The van der Waals surface area contributed by atoms with Gasteiger partial charge in [-0.1, -0.05) is 68.4 Å². The summed E-state index contributed by atoms with van der Waals surface area (Å²) < 4.78 is 26.3. The Kier molecular flexibility index (Phi) is 13.6. The molecule has 2 N–H and O–H groups in total. The maximum Gasteiger partial charge on any atom is 0.513 e. The van der Waals surface area contributed by atoms with Gasteiger partial charge in [0.1, 0.15) is 12.1 Å². The van der Waals surface area contributed by atoms with E-state index in [1.807, 2.05) is 55.4 Å². The molecule has 0 fully saturated rings. The van der Waals surface area contributed by atoms with Crippen molar-refractivity contribution in [2.24, 2.45) is 22.7 Å². The molecule has 0 aliphatic rings. The lowest BCUT2D eigenvalue weighted by atomic mass is 9.98. The van der Waals surface area contributed by atoms with Crippen LogP contribution in [0.25, 0.3) is 0 Å². The van der Waals surface area contributed by atoms with Gasteiger partial charge in [-0.15, -0.1) is 0 Å². The molecule has 232 valence electrons. The van der Waals surface area contributed by atoms with E-state index < -0.39 is 30.4 Å². The number of rotatable bonds is 13. The normalized spacial score (nSPS) is 14.0. The first-order valence-electron chi connectivity index (χ1n) is 13.8. The lowest BCUT2D eigenvalue weighted by Crippen LogP contribution is -2.43. The number of carbonyl (C=O) groups is 4. The molecule has 2 unspecified atom stereocenters. The number of nitrogens with one attached hydrogen (secondary N) is 1.